The van der Waals surface area contributed by atoms with E-state index in [9.17, 15) is 5.11 Å². The molecule has 0 fully saturated rings. The molecule has 0 atom stereocenters. The van der Waals surface area contributed by atoms with Gasteiger partial charge in [-0.2, -0.15) is 0 Å². The van der Waals surface area contributed by atoms with Gasteiger partial charge in [0.1, 0.15) is 0 Å². The van der Waals surface area contributed by atoms with Gasteiger partial charge in [0.25, 0.3) is 0 Å². The van der Waals surface area contributed by atoms with Crippen LogP contribution < -0.4 is 0 Å². The van der Waals surface area contributed by atoms with E-state index in [-0.39, 0.29) is 0 Å². The third kappa shape index (κ3) is 2.69. The Kier molecular flexibility index (Phi) is 5.28. The Hall–Kier alpha value is -1.06. The van der Waals surface area contributed by atoms with Crippen LogP contribution in [0, 0.1) is 0 Å². The summed E-state index contributed by atoms with van der Waals surface area (Å²) in [6, 6.07) is 20.6. The molecule has 0 saturated carbocycles. The van der Waals surface area contributed by atoms with Crippen molar-refractivity contribution in [2.45, 2.75) is 41.0 Å². The van der Waals surface area contributed by atoms with E-state index in [2.05, 4.69) is 45.0 Å². The zero-order chi connectivity index (χ0) is 15.3. The standard InChI is InChI=1S/C19H26GeO/c1-4-20(5-2,6-3)19(21,17-13-9-7-10-14-17)18-15-11-8-12-16-18/h7-16,21H,4-6H2,1-3H3. The van der Waals surface area contributed by atoms with Crippen molar-refractivity contribution in [1.29, 1.82) is 0 Å². The minimum atomic E-state index is -2.51. The SMILES string of the molecule is C[CH2][Ge]([CH2]C)([CH2]C)[C](O)(c1ccccc1)c1ccccc1. The molecule has 0 aliphatic rings. The average Bonchev–Trinajstić information content (AvgIpc) is 2.58. The van der Waals surface area contributed by atoms with Crippen molar-refractivity contribution in [2.24, 2.45) is 0 Å². The quantitative estimate of drug-likeness (QED) is 0.735. The predicted octanol–water partition coefficient (Wildman–Crippen LogP) is 4.97. The first-order valence-electron chi connectivity index (χ1n) is 7.98. The van der Waals surface area contributed by atoms with Crippen LogP contribution in [0.15, 0.2) is 60.7 Å². The molecule has 1 N–H and O–H groups in total. The van der Waals surface area contributed by atoms with Crippen molar-refractivity contribution in [2.75, 3.05) is 0 Å². The fourth-order valence-electron chi connectivity index (χ4n) is 3.66. The van der Waals surface area contributed by atoms with E-state index in [1.807, 2.05) is 36.4 Å². The number of aliphatic hydroxyl groups is 1. The maximum atomic E-state index is 11.9. The molecule has 2 aromatic rings. The first-order valence-corrected chi connectivity index (χ1v) is 13.5. The van der Waals surface area contributed by atoms with E-state index in [1.165, 1.54) is 0 Å². The molecule has 0 aliphatic heterocycles. The van der Waals surface area contributed by atoms with Crippen molar-refractivity contribution in [3.05, 3.63) is 71.8 Å². The van der Waals surface area contributed by atoms with Gasteiger partial charge in [0.15, 0.2) is 0 Å². The maximum absolute atomic E-state index is 11.9. The van der Waals surface area contributed by atoms with Crippen LogP contribution in [0.4, 0.5) is 0 Å². The van der Waals surface area contributed by atoms with E-state index in [0.29, 0.717) is 0 Å². The molecule has 2 rings (SSSR count). The van der Waals surface area contributed by atoms with E-state index >= 15 is 0 Å². The van der Waals surface area contributed by atoms with Crippen LogP contribution in [0.1, 0.15) is 31.9 Å². The number of benzene rings is 2. The Bertz CT molecular complexity index is 499. The monoisotopic (exact) mass is 344 g/mol. The molecule has 2 aromatic carbocycles. The number of hydrogen-bond acceptors (Lipinski definition) is 1. The summed E-state index contributed by atoms with van der Waals surface area (Å²) < 4.78 is -0.763. The summed E-state index contributed by atoms with van der Waals surface area (Å²) in [6.07, 6.45) is 0. The van der Waals surface area contributed by atoms with Gasteiger partial charge in [-0.25, -0.2) is 0 Å². The Balaban J connectivity index is 2.71. The van der Waals surface area contributed by atoms with Crippen LogP contribution in [0.5, 0.6) is 0 Å². The van der Waals surface area contributed by atoms with Gasteiger partial charge in [-0.3, -0.25) is 0 Å². The Morgan fingerprint density at radius 3 is 1.33 bits per heavy atom. The molecule has 0 aromatic heterocycles. The molecule has 0 bridgehead atoms. The second kappa shape index (κ2) is 6.80. The summed E-state index contributed by atoms with van der Waals surface area (Å²) in [4.78, 5) is 0. The van der Waals surface area contributed by atoms with Crippen LogP contribution in [0.3, 0.4) is 0 Å². The molecular formula is C19H26GeO. The Morgan fingerprint density at radius 1 is 0.714 bits per heavy atom. The van der Waals surface area contributed by atoms with Crippen LogP contribution in [0.2, 0.25) is 15.8 Å². The fraction of sp³-hybridized carbons (Fsp3) is 0.368. The minimum absolute atomic E-state index is 0.763. The molecule has 0 heterocycles. The van der Waals surface area contributed by atoms with E-state index in [4.69, 9.17) is 0 Å². The van der Waals surface area contributed by atoms with Crippen LogP contribution in [-0.2, 0) is 4.43 Å². The van der Waals surface area contributed by atoms with Gasteiger partial charge in [0.2, 0.25) is 0 Å². The third-order valence-electron chi connectivity index (χ3n) is 5.18. The molecule has 0 radical (unpaired) electrons. The van der Waals surface area contributed by atoms with Crippen molar-refractivity contribution >= 4 is 13.3 Å². The number of rotatable bonds is 6. The summed E-state index contributed by atoms with van der Waals surface area (Å²) in [6.45, 7) is 6.80. The van der Waals surface area contributed by atoms with E-state index in [1.54, 1.807) is 0 Å². The van der Waals surface area contributed by atoms with Crippen molar-refractivity contribution in [1.82, 2.24) is 0 Å². The first-order chi connectivity index (χ1) is 10.1. The van der Waals surface area contributed by atoms with Crippen molar-refractivity contribution in [3.63, 3.8) is 0 Å². The first kappa shape index (κ1) is 16.3. The summed E-state index contributed by atoms with van der Waals surface area (Å²) in [5.41, 5.74) is 2.14. The van der Waals surface area contributed by atoms with Crippen LogP contribution in [-0.4, -0.2) is 18.4 Å². The average molecular weight is 343 g/mol. The molecule has 2 heteroatoms. The molecule has 0 saturated heterocycles. The summed E-state index contributed by atoms with van der Waals surface area (Å²) in [5, 5.41) is 15.3. The van der Waals surface area contributed by atoms with Gasteiger partial charge in [-0.05, 0) is 0 Å². The van der Waals surface area contributed by atoms with Gasteiger partial charge in [-0.15, -0.1) is 0 Å². The van der Waals surface area contributed by atoms with E-state index < -0.39 is 17.7 Å². The summed E-state index contributed by atoms with van der Waals surface area (Å²) in [5.74, 6) is 0. The molecule has 112 valence electrons. The predicted molar refractivity (Wildman–Crippen MR) is 93.1 cm³/mol. The molecule has 0 spiro atoms. The van der Waals surface area contributed by atoms with Gasteiger partial charge in [0.05, 0.1) is 0 Å². The molecular weight excluding hydrogens is 317 g/mol. The molecule has 0 aliphatic carbocycles. The zero-order valence-corrected chi connectivity index (χ0v) is 15.4. The molecule has 21 heavy (non-hydrogen) atoms. The summed E-state index contributed by atoms with van der Waals surface area (Å²) >= 11 is -2.51. The van der Waals surface area contributed by atoms with Crippen molar-refractivity contribution < 1.29 is 5.11 Å². The normalized spacial score (nSPS) is 12.4. The van der Waals surface area contributed by atoms with Gasteiger partial charge in [-0.1, -0.05) is 0 Å². The van der Waals surface area contributed by atoms with Gasteiger partial charge in [0, 0.05) is 0 Å². The van der Waals surface area contributed by atoms with Crippen LogP contribution in [0.25, 0.3) is 0 Å². The topological polar surface area (TPSA) is 20.2 Å². The number of hydrogen-bond donors (Lipinski definition) is 1. The van der Waals surface area contributed by atoms with Gasteiger partial charge < -0.3 is 0 Å². The second-order valence-corrected chi connectivity index (χ2v) is 17.1. The van der Waals surface area contributed by atoms with E-state index in [0.717, 1.165) is 26.9 Å². The molecule has 1 nitrogen and oxygen atoms in total. The molecule has 0 amide bonds. The fourth-order valence-corrected chi connectivity index (χ4v) is 13.3. The summed E-state index contributed by atoms with van der Waals surface area (Å²) in [7, 11) is 0. The molecule has 0 unspecified atom stereocenters. The third-order valence-corrected chi connectivity index (χ3v) is 18.1. The van der Waals surface area contributed by atoms with Crippen LogP contribution >= 0.6 is 0 Å². The van der Waals surface area contributed by atoms with Gasteiger partial charge >= 0.3 is 131 Å². The second-order valence-electron chi connectivity index (χ2n) is 5.78. The Morgan fingerprint density at radius 2 is 1.05 bits per heavy atom. The van der Waals surface area contributed by atoms with Crippen molar-refractivity contribution in [3.8, 4) is 0 Å². The zero-order valence-electron chi connectivity index (χ0n) is 13.3. The Labute approximate surface area is 131 Å².